The van der Waals surface area contributed by atoms with Crippen LogP contribution in [-0.4, -0.2) is 81.9 Å². The Morgan fingerprint density at radius 2 is 1.41 bits per heavy atom. The summed E-state index contributed by atoms with van der Waals surface area (Å²) in [5.41, 5.74) is 1.80. The molecule has 5 atom stereocenters. The molecule has 1 aliphatic heterocycles. The molecular formula is C22H27N2O9Se. The molecule has 0 saturated carbocycles. The van der Waals surface area contributed by atoms with E-state index < -0.39 is 54.5 Å². The zero-order chi connectivity index (χ0) is 25.4. The van der Waals surface area contributed by atoms with Crippen LogP contribution in [0.1, 0.15) is 33.3 Å². The number of carbonyl (C=O) groups excluding carboxylic acids is 4. The van der Waals surface area contributed by atoms with Crippen LogP contribution in [0.4, 0.5) is 5.69 Å². The summed E-state index contributed by atoms with van der Waals surface area (Å²) in [7, 11) is 0. The predicted octanol–water partition coefficient (Wildman–Crippen LogP) is 1.01. The summed E-state index contributed by atoms with van der Waals surface area (Å²) in [5, 5.41) is 3.05. The molecule has 0 bridgehead atoms. The summed E-state index contributed by atoms with van der Waals surface area (Å²) in [6.45, 7) is 6.31. The third kappa shape index (κ3) is 8.44. The number of aryl methyl sites for hydroxylation is 1. The Bertz CT molecular complexity index is 935. The molecule has 1 aliphatic rings. The molecule has 1 heterocycles. The Labute approximate surface area is 205 Å². The fourth-order valence-electron chi connectivity index (χ4n) is 3.22. The first-order chi connectivity index (χ1) is 16.0. The number of hydrogen-bond acceptors (Lipinski definition) is 10. The first-order valence-corrected chi connectivity index (χ1v) is 11.2. The van der Waals surface area contributed by atoms with Crippen molar-refractivity contribution in [1.82, 2.24) is 0 Å². The number of benzene rings is 1. The summed E-state index contributed by atoms with van der Waals surface area (Å²) >= 11 is 2.77. The van der Waals surface area contributed by atoms with Gasteiger partial charge in [-0.3, -0.25) is 0 Å². The fraction of sp³-hybridized carbons (Fsp3) is 0.500. The van der Waals surface area contributed by atoms with Crippen molar-refractivity contribution in [1.29, 1.82) is 0 Å². The van der Waals surface area contributed by atoms with Crippen LogP contribution in [-0.2, 0) is 42.9 Å². The van der Waals surface area contributed by atoms with E-state index in [0.717, 1.165) is 25.1 Å². The maximum absolute atomic E-state index is 11.9. The average Bonchev–Trinajstić information content (AvgIpc) is 2.71. The summed E-state index contributed by atoms with van der Waals surface area (Å²) in [5.74, 6) is -2.70. The Balaban J connectivity index is 2.43. The molecule has 1 aromatic carbocycles. The van der Waals surface area contributed by atoms with Gasteiger partial charge in [0.25, 0.3) is 0 Å². The van der Waals surface area contributed by atoms with E-state index in [1.54, 1.807) is 0 Å². The molecule has 11 nitrogen and oxygen atoms in total. The van der Waals surface area contributed by atoms with E-state index in [4.69, 9.17) is 23.7 Å². The fourth-order valence-corrected chi connectivity index (χ4v) is 3.68. The molecule has 2 rings (SSSR count). The van der Waals surface area contributed by atoms with Crippen LogP contribution in [0.5, 0.6) is 0 Å². The van der Waals surface area contributed by atoms with Crippen molar-refractivity contribution >= 4 is 50.3 Å². The average molecular weight is 542 g/mol. The second kappa shape index (κ2) is 12.5. The van der Waals surface area contributed by atoms with Crippen LogP contribution in [0, 0.1) is 6.92 Å². The summed E-state index contributed by atoms with van der Waals surface area (Å²) in [6, 6.07) is 7.50. The van der Waals surface area contributed by atoms with Crippen LogP contribution in [0.3, 0.4) is 0 Å². The van der Waals surface area contributed by atoms with Crippen molar-refractivity contribution < 1.29 is 42.9 Å². The molecule has 3 unspecified atom stereocenters. The molecule has 0 aromatic heterocycles. The van der Waals surface area contributed by atoms with E-state index in [-0.39, 0.29) is 11.3 Å². The zero-order valence-electron chi connectivity index (χ0n) is 19.4. The number of ether oxygens (including phenoxy) is 5. The van der Waals surface area contributed by atoms with E-state index >= 15 is 0 Å². The predicted molar refractivity (Wildman–Crippen MR) is 120 cm³/mol. The maximum atomic E-state index is 11.9. The van der Waals surface area contributed by atoms with E-state index in [1.807, 2.05) is 31.2 Å². The van der Waals surface area contributed by atoms with Gasteiger partial charge >= 0.3 is 205 Å². The van der Waals surface area contributed by atoms with Gasteiger partial charge in [-0.05, 0) is 0 Å². The molecule has 1 saturated heterocycles. The Morgan fingerprint density at radius 3 is 1.94 bits per heavy atom. The second-order valence-electron chi connectivity index (χ2n) is 7.52. The molecule has 0 amide bonds. The van der Waals surface area contributed by atoms with Gasteiger partial charge in [-0.2, -0.15) is 0 Å². The van der Waals surface area contributed by atoms with E-state index in [9.17, 15) is 19.2 Å². The third-order valence-corrected chi connectivity index (χ3v) is 4.95. The quantitative estimate of drug-likeness (QED) is 0.175. The third-order valence-electron chi connectivity index (χ3n) is 4.51. The van der Waals surface area contributed by atoms with Gasteiger partial charge in [0.05, 0.1) is 0 Å². The van der Waals surface area contributed by atoms with Crippen LogP contribution >= 0.6 is 0 Å². The molecule has 1 fully saturated rings. The molecule has 34 heavy (non-hydrogen) atoms. The number of carbonyl (C=O) groups is 4. The number of aliphatic imine (C=N–C) groups is 1. The van der Waals surface area contributed by atoms with Crippen LogP contribution in [0.25, 0.3) is 0 Å². The molecular weight excluding hydrogens is 515 g/mol. The Morgan fingerprint density at radius 1 is 0.882 bits per heavy atom. The minimum absolute atomic E-state index is 0.282. The van der Waals surface area contributed by atoms with Gasteiger partial charge < -0.3 is 0 Å². The van der Waals surface area contributed by atoms with Gasteiger partial charge in [0.1, 0.15) is 0 Å². The van der Waals surface area contributed by atoms with Crippen molar-refractivity contribution in [3.8, 4) is 0 Å². The molecule has 185 valence electrons. The van der Waals surface area contributed by atoms with Crippen molar-refractivity contribution in [3.05, 3.63) is 29.8 Å². The number of rotatable bonds is 7. The van der Waals surface area contributed by atoms with Gasteiger partial charge in [-0.1, -0.05) is 0 Å². The van der Waals surface area contributed by atoms with Gasteiger partial charge in [-0.15, -0.1) is 0 Å². The van der Waals surface area contributed by atoms with Gasteiger partial charge in [0.2, 0.25) is 0 Å². The summed E-state index contributed by atoms with van der Waals surface area (Å²) < 4.78 is 27.4. The molecule has 0 spiro atoms. The molecule has 0 aliphatic carbocycles. The molecule has 1 aromatic rings. The Hall–Kier alpha value is -2.95. The zero-order valence-corrected chi connectivity index (χ0v) is 21.1. The number of nitrogens with zero attached hydrogens (tertiary/aromatic N) is 1. The molecule has 1 radical (unpaired) electrons. The molecule has 12 heteroatoms. The van der Waals surface area contributed by atoms with Crippen molar-refractivity contribution in [3.63, 3.8) is 0 Å². The summed E-state index contributed by atoms with van der Waals surface area (Å²) in [4.78, 5) is 51.3. The van der Waals surface area contributed by atoms with Crippen molar-refractivity contribution in [2.75, 3.05) is 11.9 Å². The Kier molecular flexibility index (Phi) is 10.0. The number of esters is 4. The minimum atomic E-state index is -1.28. The van der Waals surface area contributed by atoms with Crippen LogP contribution in [0.15, 0.2) is 29.3 Å². The first-order valence-electron chi connectivity index (χ1n) is 10.3. The first kappa shape index (κ1) is 27.3. The molecule has 1 N–H and O–H groups in total. The van der Waals surface area contributed by atoms with Gasteiger partial charge in [-0.25, -0.2) is 0 Å². The number of amidine groups is 1. The van der Waals surface area contributed by atoms with Gasteiger partial charge in [0.15, 0.2) is 0 Å². The standard InChI is InChI=1S/C22H27N2O9Se/c1-11-6-8-16(9-7-11)23-22(34)24-21-20(32-15(5)28)19(31-14(4)27)18(30-13(3)26)17(33-21)10-29-12(2)25/h6-9,17-21H,10H2,1-5H3,(H,23,24)/t17?,18-,19?,20?,21-/m1/s1. The van der Waals surface area contributed by atoms with Crippen LogP contribution < -0.4 is 5.32 Å². The number of anilines is 1. The van der Waals surface area contributed by atoms with Crippen molar-refractivity contribution in [2.24, 2.45) is 4.99 Å². The SMILES string of the molecule is CC(=O)OCC1O[C@@H](/N=C(\[Se])Nc2ccc(C)cc2)C(OC(C)=O)C(OC(C)=O)[C@@H]1OC(C)=O. The topological polar surface area (TPSA) is 139 Å². The van der Waals surface area contributed by atoms with Crippen LogP contribution in [0.2, 0.25) is 0 Å². The summed E-state index contributed by atoms with van der Waals surface area (Å²) in [6.07, 6.45) is -6.03. The van der Waals surface area contributed by atoms with E-state index in [1.165, 1.54) is 13.8 Å². The number of hydrogen-bond donors (Lipinski definition) is 1. The van der Waals surface area contributed by atoms with E-state index in [0.29, 0.717) is 0 Å². The van der Waals surface area contributed by atoms with E-state index in [2.05, 4.69) is 26.3 Å². The van der Waals surface area contributed by atoms with Crippen molar-refractivity contribution in [2.45, 2.75) is 65.3 Å². The second-order valence-corrected chi connectivity index (χ2v) is 8.33. The van der Waals surface area contributed by atoms with Gasteiger partial charge in [0, 0.05) is 0 Å². The normalized spacial score (nSPS) is 24.5. The number of nitrogens with one attached hydrogen (secondary N) is 1. The monoisotopic (exact) mass is 543 g/mol.